The van der Waals surface area contributed by atoms with E-state index in [0.29, 0.717) is 6.29 Å². The van der Waals surface area contributed by atoms with Crippen molar-refractivity contribution in [1.82, 2.24) is 0 Å². The van der Waals surface area contributed by atoms with E-state index in [2.05, 4.69) is 4.74 Å². The summed E-state index contributed by atoms with van der Waals surface area (Å²) in [6.45, 7) is -0.133. The Labute approximate surface area is 89.8 Å². The second-order valence-electron chi connectivity index (χ2n) is 2.92. The van der Waals surface area contributed by atoms with Gasteiger partial charge >= 0.3 is 6.18 Å². The van der Waals surface area contributed by atoms with Gasteiger partial charge in [0.15, 0.2) is 13.1 Å². The molecule has 1 aromatic carbocycles. The van der Waals surface area contributed by atoms with Crippen LogP contribution in [0, 0.1) is 0 Å². The number of alkyl halides is 3. The molecule has 0 spiro atoms. The first-order valence-corrected chi connectivity index (χ1v) is 4.27. The lowest BCUT2D eigenvalue weighted by molar-refractivity contribution is -0.137. The minimum absolute atomic E-state index is 0.0600. The van der Waals surface area contributed by atoms with E-state index in [-0.39, 0.29) is 18.1 Å². The summed E-state index contributed by atoms with van der Waals surface area (Å²) in [5.74, 6) is 0.0600. The average Bonchev–Trinajstić information content (AvgIpc) is 2.24. The standard InChI is InChI=1S/C10H9F3O3/c1-15-6-16-9-3-2-8(10(11,12)13)4-7(9)5-14/h2-5H,6H2,1H3. The lowest BCUT2D eigenvalue weighted by Gasteiger charge is -2.10. The summed E-state index contributed by atoms with van der Waals surface area (Å²) in [7, 11) is 1.37. The molecule has 0 radical (unpaired) electrons. The van der Waals surface area contributed by atoms with E-state index < -0.39 is 11.7 Å². The zero-order valence-electron chi connectivity index (χ0n) is 8.38. The molecule has 6 heteroatoms. The van der Waals surface area contributed by atoms with Gasteiger partial charge in [0.25, 0.3) is 0 Å². The lowest BCUT2D eigenvalue weighted by atomic mass is 10.1. The van der Waals surface area contributed by atoms with Crippen molar-refractivity contribution in [3.05, 3.63) is 29.3 Å². The highest BCUT2D eigenvalue weighted by molar-refractivity contribution is 5.79. The van der Waals surface area contributed by atoms with Crippen molar-refractivity contribution in [2.24, 2.45) is 0 Å². The molecule has 0 N–H and O–H groups in total. The molecule has 0 atom stereocenters. The first kappa shape index (κ1) is 12.5. The van der Waals surface area contributed by atoms with E-state index in [1.807, 2.05) is 0 Å². The van der Waals surface area contributed by atoms with E-state index in [1.165, 1.54) is 7.11 Å². The number of benzene rings is 1. The van der Waals surface area contributed by atoms with Crippen LogP contribution < -0.4 is 4.74 Å². The molecular weight excluding hydrogens is 225 g/mol. The van der Waals surface area contributed by atoms with E-state index in [4.69, 9.17) is 4.74 Å². The van der Waals surface area contributed by atoms with Crippen LogP contribution in [-0.2, 0) is 10.9 Å². The van der Waals surface area contributed by atoms with Crippen LogP contribution in [0.3, 0.4) is 0 Å². The van der Waals surface area contributed by atoms with Crippen LogP contribution in [0.2, 0.25) is 0 Å². The Bertz CT molecular complexity index is 374. The molecule has 0 aliphatic rings. The largest absolute Gasteiger partial charge is 0.467 e. The number of halogens is 3. The van der Waals surface area contributed by atoms with E-state index >= 15 is 0 Å². The molecule has 0 bridgehead atoms. The van der Waals surface area contributed by atoms with Gasteiger partial charge in [-0.15, -0.1) is 0 Å². The third-order valence-electron chi connectivity index (χ3n) is 1.80. The number of carbonyl (C=O) groups is 1. The molecule has 3 nitrogen and oxygen atoms in total. The maximum atomic E-state index is 12.3. The Morgan fingerprint density at radius 1 is 1.38 bits per heavy atom. The Morgan fingerprint density at radius 3 is 2.56 bits per heavy atom. The topological polar surface area (TPSA) is 35.5 Å². The second-order valence-corrected chi connectivity index (χ2v) is 2.92. The Kier molecular flexibility index (Phi) is 3.89. The van der Waals surface area contributed by atoms with Crippen molar-refractivity contribution in [2.45, 2.75) is 6.18 Å². The first-order chi connectivity index (χ1) is 7.49. The molecule has 0 aliphatic carbocycles. The van der Waals surface area contributed by atoms with Crippen LogP contribution >= 0.6 is 0 Å². The predicted octanol–water partition coefficient (Wildman–Crippen LogP) is 2.50. The Balaban J connectivity index is 3.02. The van der Waals surface area contributed by atoms with Crippen LogP contribution in [0.5, 0.6) is 5.75 Å². The van der Waals surface area contributed by atoms with Gasteiger partial charge in [-0.25, -0.2) is 0 Å². The van der Waals surface area contributed by atoms with Gasteiger partial charge in [-0.3, -0.25) is 4.79 Å². The van der Waals surface area contributed by atoms with Gasteiger partial charge in [0.05, 0.1) is 11.1 Å². The molecule has 0 unspecified atom stereocenters. The zero-order valence-corrected chi connectivity index (χ0v) is 8.38. The summed E-state index contributed by atoms with van der Waals surface area (Å²) in [5.41, 5.74) is -1.05. The van der Waals surface area contributed by atoms with Crippen molar-refractivity contribution in [3.8, 4) is 5.75 Å². The summed E-state index contributed by atoms with van der Waals surface area (Å²) in [6, 6.07) is 2.67. The highest BCUT2D eigenvalue weighted by Gasteiger charge is 2.31. The van der Waals surface area contributed by atoms with Gasteiger partial charge in [-0.05, 0) is 18.2 Å². The minimum Gasteiger partial charge on any atom is -0.467 e. The molecule has 0 fully saturated rings. The fourth-order valence-corrected chi connectivity index (χ4v) is 1.07. The van der Waals surface area contributed by atoms with Crippen molar-refractivity contribution < 1.29 is 27.4 Å². The van der Waals surface area contributed by atoms with Gasteiger partial charge in [0.2, 0.25) is 0 Å². The smallest absolute Gasteiger partial charge is 0.416 e. The molecule has 88 valence electrons. The zero-order chi connectivity index (χ0) is 12.2. The molecule has 0 saturated carbocycles. The molecule has 0 saturated heterocycles. The van der Waals surface area contributed by atoms with Crippen molar-refractivity contribution in [2.75, 3.05) is 13.9 Å². The quantitative estimate of drug-likeness (QED) is 0.593. The number of rotatable bonds is 4. The SMILES string of the molecule is COCOc1ccc(C(F)(F)F)cc1C=O. The number of ether oxygens (including phenoxy) is 2. The molecule has 16 heavy (non-hydrogen) atoms. The molecular formula is C10H9F3O3. The van der Waals surface area contributed by atoms with Crippen LogP contribution in [0.15, 0.2) is 18.2 Å². The van der Waals surface area contributed by atoms with E-state index in [9.17, 15) is 18.0 Å². The summed E-state index contributed by atoms with van der Waals surface area (Å²) in [5, 5.41) is 0. The third kappa shape index (κ3) is 2.96. The number of aldehydes is 1. The second kappa shape index (κ2) is 4.98. The monoisotopic (exact) mass is 234 g/mol. The first-order valence-electron chi connectivity index (χ1n) is 4.27. The summed E-state index contributed by atoms with van der Waals surface area (Å²) >= 11 is 0. The summed E-state index contributed by atoms with van der Waals surface area (Å²) in [4.78, 5) is 10.6. The van der Waals surface area contributed by atoms with Gasteiger partial charge in [0.1, 0.15) is 5.75 Å². The van der Waals surface area contributed by atoms with E-state index in [0.717, 1.165) is 18.2 Å². The fraction of sp³-hybridized carbons (Fsp3) is 0.300. The maximum Gasteiger partial charge on any atom is 0.416 e. The molecule has 1 rings (SSSR count). The maximum absolute atomic E-state index is 12.3. The van der Waals surface area contributed by atoms with Gasteiger partial charge < -0.3 is 9.47 Å². The summed E-state index contributed by atoms with van der Waals surface area (Å²) < 4.78 is 46.4. The van der Waals surface area contributed by atoms with Crippen molar-refractivity contribution >= 4 is 6.29 Å². The molecule has 0 amide bonds. The van der Waals surface area contributed by atoms with Crippen LogP contribution in [-0.4, -0.2) is 20.2 Å². The Morgan fingerprint density at radius 2 is 2.06 bits per heavy atom. The number of methoxy groups -OCH3 is 1. The van der Waals surface area contributed by atoms with Gasteiger partial charge in [-0.1, -0.05) is 0 Å². The van der Waals surface area contributed by atoms with Crippen LogP contribution in [0.25, 0.3) is 0 Å². The normalized spacial score (nSPS) is 11.2. The van der Waals surface area contributed by atoms with E-state index in [1.54, 1.807) is 0 Å². The minimum atomic E-state index is -4.47. The highest BCUT2D eigenvalue weighted by Crippen LogP contribution is 2.31. The number of hydrogen-bond donors (Lipinski definition) is 0. The molecule has 0 aromatic heterocycles. The average molecular weight is 234 g/mol. The molecule has 1 aromatic rings. The number of carbonyl (C=O) groups excluding carboxylic acids is 1. The fourth-order valence-electron chi connectivity index (χ4n) is 1.07. The Hall–Kier alpha value is -1.56. The van der Waals surface area contributed by atoms with Gasteiger partial charge in [0, 0.05) is 7.11 Å². The molecule has 0 heterocycles. The lowest BCUT2D eigenvalue weighted by Crippen LogP contribution is -2.07. The molecule has 0 aliphatic heterocycles. The van der Waals surface area contributed by atoms with Gasteiger partial charge in [-0.2, -0.15) is 13.2 Å². The summed E-state index contributed by atoms with van der Waals surface area (Å²) in [6.07, 6.45) is -4.17. The van der Waals surface area contributed by atoms with Crippen LogP contribution in [0.1, 0.15) is 15.9 Å². The van der Waals surface area contributed by atoms with Crippen molar-refractivity contribution in [1.29, 1.82) is 0 Å². The van der Waals surface area contributed by atoms with Crippen LogP contribution in [0.4, 0.5) is 13.2 Å². The third-order valence-corrected chi connectivity index (χ3v) is 1.80. The predicted molar refractivity (Wildman–Crippen MR) is 49.3 cm³/mol. The highest BCUT2D eigenvalue weighted by atomic mass is 19.4. The number of hydrogen-bond acceptors (Lipinski definition) is 3. The van der Waals surface area contributed by atoms with Crippen molar-refractivity contribution in [3.63, 3.8) is 0 Å².